The summed E-state index contributed by atoms with van der Waals surface area (Å²) in [5.41, 5.74) is -0.355. The highest BCUT2D eigenvalue weighted by atomic mass is 35.5. The van der Waals surface area contributed by atoms with E-state index in [0.717, 1.165) is 5.56 Å². The maximum atomic E-state index is 12.4. The van der Waals surface area contributed by atoms with Gasteiger partial charge in [0.2, 0.25) is 5.91 Å². The van der Waals surface area contributed by atoms with Gasteiger partial charge >= 0.3 is 0 Å². The molecule has 1 aromatic carbocycles. The van der Waals surface area contributed by atoms with E-state index in [1.165, 1.54) is 0 Å². The van der Waals surface area contributed by atoms with Crippen molar-refractivity contribution >= 4 is 17.5 Å². The Labute approximate surface area is 146 Å². The van der Waals surface area contributed by atoms with Crippen molar-refractivity contribution in [1.29, 1.82) is 0 Å². The summed E-state index contributed by atoms with van der Waals surface area (Å²) in [6, 6.07) is 7.11. The summed E-state index contributed by atoms with van der Waals surface area (Å²) in [5, 5.41) is 30.9. The number of amides is 1. The van der Waals surface area contributed by atoms with Crippen LogP contribution in [0.2, 0.25) is 5.02 Å². The molecule has 24 heavy (non-hydrogen) atoms. The lowest BCUT2D eigenvalue weighted by molar-refractivity contribution is -0.159. The molecule has 0 spiro atoms. The number of likely N-dealkylation sites (tertiary alicyclic amines) is 2. The van der Waals surface area contributed by atoms with Crippen LogP contribution in [-0.4, -0.2) is 81.6 Å². The van der Waals surface area contributed by atoms with Crippen molar-refractivity contribution in [2.75, 3.05) is 32.7 Å². The number of carbonyl (C=O) groups is 1. The molecule has 2 aliphatic rings. The Morgan fingerprint density at radius 1 is 1.21 bits per heavy atom. The van der Waals surface area contributed by atoms with Crippen LogP contribution in [0.1, 0.15) is 12.0 Å². The molecule has 2 heterocycles. The number of aliphatic hydroxyl groups is 3. The molecule has 0 unspecified atom stereocenters. The van der Waals surface area contributed by atoms with Crippen LogP contribution in [0.25, 0.3) is 0 Å². The number of piperidine rings is 1. The predicted molar refractivity (Wildman–Crippen MR) is 89.8 cm³/mol. The molecule has 2 saturated heterocycles. The second-order valence-electron chi connectivity index (χ2n) is 6.86. The van der Waals surface area contributed by atoms with E-state index in [0.29, 0.717) is 37.6 Å². The molecule has 2 atom stereocenters. The van der Waals surface area contributed by atoms with Gasteiger partial charge < -0.3 is 20.2 Å². The minimum atomic E-state index is -1.23. The van der Waals surface area contributed by atoms with Gasteiger partial charge in [-0.2, -0.15) is 0 Å². The van der Waals surface area contributed by atoms with Crippen LogP contribution in [0.3, 0.4) is 0 Å². The van der Waals surface area contributed by atoms with E-state index in [1.54, 1.807) is 17.0 Å². The van der Waals surface area contributed by atoms with Gasteiger partial charge in [-0.15, -0.1) is 0 Å². The number of hydrogen-bond acceptors (Lipinski definition) is 5. The molecule has 3 rings (SSSR count). The summed E-state index contributed by atoms with van der Waals surface area (Å²) in [4.78, 5) is 15.9. The number of rotatable bonds is 4. The lowest BCUT2D eigenvalue weighted by atomic mass is 9.86. The first-order valence-electron chi connectivity index (χ1n) is 8.19. The SMILES string of the molecule is O=C(Cc1ccc(Cl)cc1)N1CC[C@](O)(CN2CC(O)C2)[C@@H](O)C1. The molecular formula is C17H23ClN2O4. The first-order chi connectivity index (χ1) is 11.4. The Bertz CT molecular complexity index is 591. The topological polar surface area (TPSA) is 84.2 Å². The third kappa shape index (κ3) is 3.90. The van der Waals surface area contributed by atoms with Crippen LogP contribution >= 0.6 is 11.6 Å². The number of carbonyl (C=O) groups excluding carboxylic acids is 1. The van der Waals surface area contributed by atoms with Gasteiger partial charge in [0, 0.05) is 37.7 Å². The van der Waals surface area contributed by atoms with Gasteiger partial charge in [-0.25, -0.2) is 0 Å². The van der Waals surface area contributed by atoms with Crippen LogP contribution in [0.5, 0.6) is 0 Å². The van der Waals surface area contributed by atoms with Crippen LogP contribution in [0, 0.1) is 0 Å². The van der Waals surface area contributed by atoms with Crippen molar-refractivity contribution in [2.24, 2.45) is 0 Å². The van der Waals surface area contributed by atoms with Crippen LogP contribution < -0.4 is 0 Å². The van der Waals surface area contributed by atoms with E-state index in [9.17, 15) is 20.1 Å². The maximum Gasteiger partial charge on any atom is 0.227 e. The molecule has 7 heteroatoms. The summed E-state index contributed by atoms with van der Waals surface area (Å²) in [6.45, 7) is 1.91. The molecule has 132 valence electrons. The van der Waals surface area contributed by atoms with Gasteiger partial charge in [0.25, 0.3) is 0 Å². The molecule has 0 aromatic heterocycles. The Kier molecular flexibility index (Phi) is 5.13. The van der Waals surface area contributed by atoms with Crippen molar-refractivity contribution in [3.05, 3.63) is 34.9 Å². The number of benzene rings is 1. The fourth-order valence-corrected chi connectivity index (χ4v) is 3.45. The Balaban J connectivity index is 1.54. The zero-order valence-corrected chi connectivity index (χ0v) is 14.2. The minimum absolute atomic E-state index is 0.0715. The lowest BCUT2D eigenvalue weighted by Gasteiger charge is -2.47. The maximum absolute atomic E-state index is 12.4. The van der Waals surface area contributed by atoms with Crippen LogP contribution in [0.4, 0.5) is 0 Å². The van der Waals surface area contributed by atoms with Gasteiger partial charge in [-0.3, -0.25) is 9.69 Å². The third-order valence-corrected chi connectivity index (χ3v) is 5.14. The summed E-state index contributed by atoms with van der Waals surface area (Å²) in [6.07, 6.45) is -0.752. The van der Waals surface area contributed by atoms with Crippen LogP contribution in [-0.2, 0) is 11.2 Å². The van der Waals surface area contributed by atoms with Crippen LogP contribution in [0.15, 0.2) is 24.3 Å². The molecule has 0 aliphatic carbocycles. The monoisotopic (exact) mass is 354 g/mol. The molecule has 1 amide bonds. The van der Waals surface area contributed by atoms with E-state index >= 15 is 0 Å². The van der Waals surface area contributed by atoms with Crippen molar-refractivity contribution in [3.63, 3.8) is 0 Å². The first kappa shape index (κ1) is 17.6. The van der Waals surface area contributed by atoms with Crippen molar-refractivity contribution in [2.45, 2.75) is 30.7 Å². The molecule has 0 bridgehead atoms. The number of β-amino-alcohol motifs (C(OH)–C–C–N with tert-alkyl or cyclic N) is 3. The van der Waals surface area contributed by atoms with Gasteiger partial charge in [-0.05, 0) is 24.1 Å². The molecular weight excluding hydrogens is 332 g/mol. The van der Waals surface area contributed by atoms with Gasteiger partial charge in [0.05, 0.1) is 12.5 Å². The minimum Gasteiger partial charge on any atom is -0.390 e. The largest absolute Gasteiger partial charge is 0.390 e. The van der Waals surface area contributed by atoms with Gasteiger partial charge in [-0.1, -0.05) is 23.7 Å². The predicted octanol–water partition coefficient (Wildman–Crippen LogP) is -0.117. The first-order valence-corrected chi connectivity index (χ1v) is 8.56. The molecule has 2 fully saturated rings. The fourth-order valence-electron chi connectivity index (χ4n) is 3.32. The van der Waals surface area contributed by atoms with Crippen molar-refractivity contribution in [1.82, 2.24) is 9.80 Å². The lowest BCUT2D eigenvalue weighted by Crippen LogP contribution is -2.64. The molecule has 2 aliphatic heterocycles. The Hall–Kier alpha value is -1.18. The number of aliphatic hydroxyl groups excluding tert-OH is 2. The average molecular weight is 355 g/mol. The average Bonchev–Trinajstić information content (AvgIpc) is 2.51. The van der Waals surface area contributed by atoms with Gasteiger partial charge in [0.15, 0.2) is 0 Å². The van der Waals surface area contributed by atoms with E-state index < -0.39 is 11.7 Å². The molecule has 3 N–H and O–H groups in total. The van der Waals surface area contributed by atoms with Crippen molar-refractivity contribution < 1.29 is 20.1 Å². The number of halogens is 1. The quantitative estimate of drug-likeness (QED) is 0.702. The zero-order chi connectivity index (χ0) is 17.3. The molecule has 1 aromatic rings. The Morgan fingerprint density at radius 2 is 1.88 bits per heavy atom. The number of hydrogen-bond donors (Lipinski definition) is 3. The zero-order valence-electron chi connectivity index (χ0n) is 13.4. The van der Waals surface area contributed by atoms with Gasteiger partial charge in [0.1, 0.15) is 11.7 Å². The normalized spacial score (nSPS) is 28.7. The van der Waals surface area contributed by atoms with Crippen molar-refractivity contribution in [3.8, 4) is 0 Å². The fraction of sp³-hybridized carbons (Fsp3) is 0.588. The highest BCUT2D eigenvalue weighted by Gasteiger charge is 2.44. The second-order valence-corrected chi connectivity index (χ2v) is 7.30. The summed E-state index contributed by atoms with van der Waals surface area (Å²) >= 11 is 5.84. The number of nitrogens with zero attached hydrogens (tertiary/aromatic N) is 2. The summed E-state index contributed by atoms with van der Waals surface area (Å²) < 4.78 is 0. The summed E-state index contributed by atoms with van der Waals surface area (Å²) in [7, 11) is 0. The van der Waals surface area contributed by atoms with E-state index in [1.807, 2.05) is 17.0 Å². The molecule has 0 saturated carbocycles. The molecule has 6 nitrogen and oxygen atoms in total. The smallest absolute Gasteiger partial charge is 0.227 e. The Morgan fingerprint density at radius 3 is 2.46 bits per heavy atom. The third-order valence-electron chi connectivity index (χ3n) is 4.88. The highest BCUT2D eigenvalue weighted by Crippen LogP contribution is 2.26. The summed E-state index contributed by atoms with van der Waals surface area (Å²) in [5.74, 6) is -0.0715. The molecule has 0 radical (unpaired) electrons. The standard InChI is InChI=1S/C17H23ClN2O4/c18-13-3-1-12(2-4-13)7-16(23)20-6-5-17(24,15(22)10-20)11-19-8-14(21)9-19/h1-4,14-15,21-22,24H,5-11H2/t15-,17-/m0/s1. The second kappa shape index (κ2) is 6.98. The highest BCUT2D eigenvalue weighted by molar-refractivity contribution is 6.30. The van der Waals surface area contributed by atoms with E-state index in [-0.39, 0.29) is 25.0 Å². The van der Waals surface area contributed by atoms with E-state index in [2.05, 4.69) is 0 Å². The van der Waals surface area contributed by atoms with E-state index in [4.69, 9.17) is 11.6 Å².